The Hall–Kier alpha value is -1.78. The summed E-state index contributed by atoms with van der Waals surface area (Å²) in [6.07, 6.45) is 3.19. The molecule has 0 unspecified atom stereocenters. The van der Waals surface area contributed by atoms with Gasteiger partial charge < -0.3 is 9.30 Å². The first-order chi connectivity index (χ1) is 6.77. The van der Waals surface area contributed by atoms with E-state index in [1.807, 2.05) is 29.9 Å². The van der Waals surface area contributed by atoms with Gasteiger partial charge in [-0.15, -0.1) is 0 Å². The lowest BCUT2D eigenvalue weighted by Crippen LogP contribution is -2.17. The van der Waals surface area contributed by atoms with Crippen molar-refractivity contribution in [2.45, 2.75) is 0 Å². The number of aromatic nitrogens is 1. The number of amides is 1. The number of hydrogen-bond donors (Lipinski definition) is 0. The van der Waals surface area contributed by atoms with E-state index in [1.54, 1.807) is 6.21 Å². The summed E-state index contributed by atoms with van der Waals surface area (Å²) in [5.74, 6) is 0. The molecule has 0 saturated carbocycles. The van der Waals surface area contributed by atoms with Gasteiger partial charge in [-0.2, -0.15) is 10.1 Å². The Kier molecular flexibility index (Phi) is 2.22. The smallest absolute Gasteiger partial charge is 0.430 e. The molecule has 14 heavy (non-hydrogen) atoms. The second kappa shape index (κ2) is 3.53. The number of hydrazone groups is 1. The summed E-state index contributed by atoms with van der Waals surface area (Å²) < 4.78 is 6.65. The minimum absolute atomic E-state index is 0.379. The maximum atomic E-state index is 11.0. The van der Waals surface area contributed by atoms with Crippen LogP contribution in [0.4, 0.5) is 4.79 Å². The summed E-state index contributed by atoms with van der Waals surface area (Å²) in [7, 11) is 1.92. The van der Waals surface area contributed by atoms with Crippen LogP contribution in [0.2, 0.25) is 0 Å². The minimum atomic E-state index is -0.379. The Bertz CT molecular complexity index is 370. The summed E-state index contributed by atoms with van der Waals surface area (Å²) in [6.45, 7) is 0.947. The number of cyclic esters (lactones) is 1. The molecule has 1 aromatic rings. The van der Waals surface area contributed by atoms with Crippen LogP contribution in [0.15, 0.2) is 23.4 Å². The fourth-order valence-electron chi connectivity index (χ4n) is 1.23. The second-order valence-electron chi connectivity index (χ2n) is 3.03. The lowest BCUT2D eigenvalue weighted by molar-refractivity contribution is 0.159. The van der Waals surface area contributed by atoms with E-state index in [9.17, 15) is 4.79 Å². The van der Waals surface area contributed by atoms with Gasteiger partial charge in [-0.1, -0.05) is 0 Å². The van der Waals surface area contributed by atoms with Crippen molar-refractivity contribution in [1.82, 2.24) is 9.58 Å². The predicted molar refractivity (Wildman–Crippen MR) is 51.1 cm³/mol. The van der Waals surface area contributed by atoms with Gasteiger partial charge in [-0.05, 0) is 12.1 Å². The quantitative estimate of drug-likeness (QED) is 0.652. The molecule has 1 saturated heterocycles. The van der Waals surface area contributed by atoms with E-state index in [0.29, 0.717) is 13.2 Å². The third-order valence-corrected chi connectivity index (χ3v) is 2.05. The number of hydrogen-bond acceptors (Lipinski definition) is 3. The summed E-state index contributed by atoms with van der Waals surface area (Å²) in [5, 5.41) is 5.33. The van der Waals surface area contributed by atoms with Crippen LogP contribution in [0.25, 0.3) is 0 Å². The molecular weight excluding hydrogens is 182 g/mol. The molecule has 5 nitrogen and oxygen atoms in total. The number of nitrogens with zero attached hydrogens (tertiary/aromatic N) is 3. The number of carbonyl (C=O) groups is 1. The molecule has 1 aliphatic heterocycles. The van der Waals surface area contributed by atoms with Crippen molar-refractivity contribution in [3.63, 3.8) is 0 Å². The van der Waals surface area contributed by atoms with Gasteiger partial charge in [0.05, 0.1) is 18.5 Å². The number of carbonyl (C=O) groups excluding carboxylic acids is 1. The molecule has 1 aliphatic rings. The molecule has 74 valence electrons. The molecule has 0 aliphatic carbocycles. The lowest BCUT2D eigenvalue weighted by Gasteiger charge is -2.03. The molecule has 0 N–H and O–H groups in total. The second-order valence-corrected chi connectivity index (χ2v) is 3.03. The van der Waals surface area contributed by atoms with Gasteiger partial charge in [0.2, 0.25) is 0 Å². The number of aryl methyl sites for hydroxylation is 1. The highest BCUT2D eigenvalue weighted by atomic mass is 16.6. The molecule has 0 atom stereocenters. The van der Waals surface area contributed by atoms with Crippen LogP contribution in [-0.4, -0.2) is 35.0 Å². The SMILES string of the molecule is Cn1cccc1/C=N/N1CCOC1=O. The molecule has 1 fully saturated rings. The zero-order chi connectivity index (χ0) is 9.97. The third kappa shape index (κ3) is 1.61. The van der Waals surface area contributed by atoms with Gasteiger partial charge in [0.25, 0.3) is 0 Å². The summed E-state index contributed by atoms with van der Waals surface area (Å²) in [5.41, 5.74) is 0.949. The summed E-state index contributed by atoms with van der Waals surface area (Å²) >= 11 is 0. The van der Waals surface area contributed by atoms with Crippen LogP contribution in [0.1, 0.15) is 5.69 Å². The molecule has 1 amide bonds. The largest absolute Gasteiger partial charge is 0.446 e. The van der Waals surface area contributed by atoms with Crippen molar-refractivity contribution < 1.29 is 9.53 Å². The van der Waals surface area contributed by atoms with Crippen molar-refractivity contribution in [2.75, 3.05) is 13.2 Å². The van der Waals surface area contributed by atoms with Gasteiger partial charge in [-0.3, -0.25) is 0 Å². The Morgan fingerprint density at radius 2 is 2.50 bits per heavy atom. The van der Waals surface area contributed by atoms with Crippen molar-refractivity contribution >= 4 is 12.3 Å². The molecule has 5 heteroatoms. The van der Waals surface area contributed by atoms with Crippen LogP contribution in [0.3, 0.4) is 0 Å². The van der Waals surface area contributed by atoms with Crippen LogP contribution in [0, 0.1) is 0 Å². The topological polar surface area (TPSA) is 46.8 Å². The monoisotopic (exact) mass is 193 g/mol. The molecule has 2 heterocycles. The first kappa shape index (κ1) is 8.80. The van der Waals surface area contributed by atoms with Crippen LogP contribution >= 0.6 is 0 Å². The molecule has 2 rings (SSSR count). The Morgan fingerprint density at radius 3 is 3.07 bits per heavy atom. The van der Waals surface area contributed by atoms with E-state index in [2.05, 4.69) is 5.10 Å². The van der Waals surface area contributed by atoms with E-state index in [4.69, 9.17) is 4.74 Å². The van der Waals surface area contributed by atoms with Crippen molar-refractivity contribution in [2.24, 2.45) is 12.1 Å². The van der Waals surface area contributed by atoms with Crippen LogP contribution in [0.5, 0.6) is 0 Å². The van der Waals surface area contributed by atoms with E-state index < -0.39 is 0 Å². The summed E-state index contributed by atoms with van der Waals surface area (Å²) in [4.78, 5) is 11.0. The standard InChI is InChI=1S/C9H11N3O2/c1-11-4-2-3-8(11)7-10-12-5-6-14-9(12)13/h2-4,7H,5-6H2,1H3/b10-7+. The molecule has 0 aromatic carbocycles. The highest BCUT2D eigenvalue weighted by Gasteiger charge is 2.20. The lowest BCUT2D eigenvalue weighted by atomic mass is 10.5. The number of ether oxygens (including phenoxy) is 1. The Morgan fingerprint density at radius 1 is 1.64 bits per heavy atom. The average molecular weight is 193 g/mol. The first-order valence-corrected chi connectivity index (χ1v) is 4.37. The first-order valence-electron chi connectivity index (χ1n) is 4.37. The molecule has 0 bridgehead atoms. The van der Waals surface area contributed by atoms with Gasteiger partial charge in [0.1, 0.15) is 6.61 Å². The Labute approximate surface area is 81.6 Å². The fourth-order valence-corrected chi connectivity index (χ4v) is 1.23. The van der Waals surface area contributed by atoms with Crippen molar-refractivity contribution in [1.29, 1.82) is 0 Å². The fraction of sp³-hybridized carbons (Fsp3) is 0.333. The summed E-state index contributed by atoms with van der Waals surface area (Å²) in [6, 6.07) is 3.84. The zero-order valence-corrected chi connectivity index (χ0v) is 7.88. The predicted octanol–water partition coefficient (Wildman–Crippen LogP) is 0.811. The van der Waals surface area contributed by atoms with Crippen LogP contribution < -0.4 is 0 Å². The van der Waals surface area contributed by atoms with E-state index in [-0.39, 0.29) is 6.09 Å². The Balaban J connectivity index is 2.07. The highest BCUT2D eigenvalue weighted by Crippen LogP contribution is 2.04. The normalized spacial score (nSPS) is 16.6. The minimum Gasteiger partial charge on any atom is -0.446 e. The molecule has 1 aromatic heterocycles. The van der Waals surface area contributed by atoms with Crippen molar-refractivity contribution in [3.8, 4) is 0 Å². The van der Waals surface area contributed by atoms with Gasteiger partial charge in [0.15, 0.2) is 0 Å². The van der Waals surface area contributed by atoms with Gasteiger partial charge in [-0.25, -0.2) is 4.79 Å². The van der Waals surface area contributed by atoms with E-state index in [1.165, 1.54) is 5.01 Å². The highest BCUT2D eigenvalue weighted by molar-refractivity contribution is 5.79. The number of rotatable bonds is 2. The van der Waals surface area contributed by atoms with Gasteiger partial charge >= 0.3 is 6.09 Å². The average Bonchev–Trinajstić information content (AvgIpc) is 2.72. The van der Waals surface area contributed by atoms with E-state index >= 15 is 0 Å². The van der Waals surface area contributed by atoms with Crippen molar-refractivity contribution in [3.05, 3.63) is 24.0 Å². The maximum Gasteiger partial charge on any atom is 0.430 e. The maximum absolute atomic E-state index is 11.0. The third-order valence-electron chi connectivity index (χ3n) is 2.05. The van der Waals surface area contributed by atoms with E-state index in [0.717, 1.165) is 5.69 Å². The molecule has 0 spiro atoms. The van der Waals surface area contributed by atoms with Crippen LogP contribution in [-0.2, 0) is 11.8 Å². The molecule has 0 radical (unpaired) electrons. The zero-order valence-electron chi connectivity index (χ0n) is 7.88. The van der Waals surface area contributed by atoms with Gasteiger partial charge in [0, 0.05) is 13.2 Å². The molecular formula is C9H11N3O2.